The highest BCUT2D eigenvalue weighted by Gasteiger charge is 2.07. The number of anilines is 1. The molecule has 0 bridgehead atoms. The van der Waals surface area contributed by atoms with Crippen molar-refractivity contribution < 1.29 is 9.59 Å². The molecule has 2 aromatic rings. The van der Waals surface area contributed by atoms with Gasteiger partial charge >= 0.3 is 0 Å². The molecule has 0 aliphatic carbocycles. The highest BCUT2D eigenvalue weighted by molar-refractivity contribution is 8.00. The molecular formula is C16H14ClNO2S. The Morgan fingerprint density at radius 2 is 1.90 bits per heavy atom. The number of hydrogen-bond donors (Lipinski definition) is 1. The summed E-state index contributed by atoms with van der Waals surface area (Å²) in [5.41, 5.74) is 1.19. The van der Waals surface area contributed by atoms with Crippen molar-refractivity contribution in [2.45, 2.75) is 11.8 Å². The zero-order chi connectivity index (χ0) is 15.2. The molecule has 0 aliphatic rings. The van der Waals surface area contributed by atoms with Gasteiger partial charge in [0.25, 0.3) is 0 Å². The van der Waals surface area contributed by atoms with Gasteiger partial charge in [0.05, 0.1) is 10.8 Å². The summed E-state index contributed by atoms with van der Waals surface area (Å²) in [6.07, 6.45) is 0. The molecule has 0 aliphatic heterocycles. The van der Waals surface area contributed by atoms with Gasteiger partial charge in [-0.2, -0.15) is 0 Å². The Morgan fingerprint density at radius 1 is 1.14 bits per heavy atom. The van der Waals surface area contributed by atoms with E-state index >= 15 is 0 Å². The van der Waals surface area contributed by atoms with Gasteiger partial charge < -0.3 is 5.32 Å². The van der Waals surface area contributed by atoms with Gasteiger partial charge in [-0.1, -0.05) is 35.9 Å². The molecule has 0 aromatic heterocycles. The molecule has 2 rings (SSSR count). The maximum atomic E-state index is 11.9. The second-order valence-corrected chi connectivity index (χ2v) is 5.83. The van der Waals surface area contributed by atoms with Crippen LogP contribution in [0.3, 0.4) is 0 Å². The maximum absolute atomic E-state index is 11.9. The molecule has 108 valence electrons. The lowest BCUT2D eigenvalue weighted by atomic mass is 10.1. The molecule has 0 saturated carbocycles. The minimum Gasteiger partial charge on any atom is -0.325 e. The number of rotatable bonds is 5. The van der Waals surface area contributed by atoms with Gasteiger partial charge in [0.15, 0.2) is 5.78 Å². The fourth-order valence-corrected chi connectivity index (χ4v) is 2.76. The Kier molecular flexibility index (Phi) is 5.42. The molecule has 0 atom stereocenters. The number of thioether (sulfide) groups is 1. The quantitative estimate of drug-likeness (QED) is 0.661. The Hall–Kier alpha value is -1.78. The zero-order valence-electron chi connectivity index (χ0n) is 11.4. The van der Waals surface area contributed by atoms with Crippen molar-refractivity contribution in [1.29, 1.82) is 0 Å². The van der Waals surface area contributed by atoms with Gasteiger partial charge in [-0.05, 0) is 31.2 Å². The van der Waals surface area contributed by atoms with Crippen LogP contribution in [0.1, 0.15) is 17.3 Å². The number of hydrogen-bond acceptors (Lipinski definition) is 3. The molecule has 21 heavy (non-hydrogen) atoms. The molecule has 5 heteroatoms. The van der Waals surface area contributed by atoms with Crippen LogP contribution in [0.4, 0.5) is 5.69 Å². The van der Waals surface area contributed by atoms with E-state index in [-0.39, 0.29) is 17.4 Å². The summed E-state index contributed by atoms with van der Waals surface area (Å²) in [4.78, 5) is 24.1. The van der Waals surface area contributed by atoms with E-state index in [2.05, 4.69) is 5.32 Å². The third kappa shape index (κ3) is 4.62. The number of carbonyl (C=O) groups excluding carboxylic acids is 2. The van der Waals surface area contributed by atoms with E-state index in [0.717, 1.165) is 4.90 Å². The lowest BCUT2D eigenvalue weighted by Crippen LogP contribution is -2.14. The molecule has 0 spiro atoms. The van der Waals surface area contributed by atoms with Crippen molar-refractivity contribution in [1.82, 2.24) is 0 Å². The summed E-state index contributed by atoms with van der Waals surface area (Å²) < 4.78 is 0. The van der Waals surface area contributed by atoms with E-state index in [1.54, 1.807) is 30.3 Å². The number of Topliss-reactive ketones (excluding diaryl/α,β-unsaturated/α-hetero) is 1. The van der Waals surface area contributed by atoms with Gasteiger partial charge in [-0.15, -0.1) is 11.8 Å². The fourth-order valence-electron chi connectivity index (χ4n) is 1.72. The Bertz CT molecular complexity index is 673. The van der Waals surface area contributed by atoms with E-state index in [1.165, 1.54) is 18.7 Å². The molecule has 1 amide bonds. The number of ketones is 1. The van der Waals surface area contributed by atoms with E-state index in [0.29, 0.717) is 16.3 Å². The van der Waals surface area contributed by atoms with Crippen LogP contribution in [-0.4, -0.2) is 17.4 Å². The first-order valence-corrected chi connectivity index (χ1v) is 7.71. The van der Waals surface area contributed by atoms with Crippen molar-refractivity contribution in [3.8, 4) is 0 Å². The van der Waals surface area contributed by atoms with Crippen LogP contribution in [-0.2, 0) is 4.79 Å². The van der Waals surface area contributed by atoms with Crippen LogP contribution in [0.5, 0.6) is 0 Å². The van der Waals surface area contributed by atoms with Crippen LogP contribution in [0, 0.1) is 0 Å². The molecule has 0 unspecified atom stereocenters. The van der Waals surface area contributed by atoms with Gasteiger partial charge in [0.1, 0.15) is 0 Å². The van der Waals surface area contributed by atoms with Crippen molar-refractivity contribution in [3.63, 3.8) is 0 Å². The first kappa shape index (κ1) is 15.6. The molecule has 2 aromatic carbocycles. The van der Waals surface area contributed by atoms with E-state index in [1.807, 2.05) is 18.2 Å². The van der Waals surface area contributed by atoms with E-state index in [9.17, 15) is 9.59 Å². The molecule has 0 heterocycles. The topological polar surface area (TPSA) is 46.2 Å². The lowest BCUT2D eigenvalue weighted by Gasteiger charge is -2.07. The van der Waals surface area contributed by atoms with Gasteiger partial charge in [0, 0.05) is 16.1 Å². The third-order valence-electron chi connectivity index (χ3n) is 2.75. The fraction of sp³-hybridized carbons (Fsp3) is 0.125. The predicted octanol–water partition coefficient (Wildman–Crippen LogP) is 4.27. The SMILES string of the molecule is CC(=O)c1cccc(NC(=O)CSc2ccccc2Cl)c1. The smallest absolute Gasteiger partial charge is 0.234 e. The number of amides is 1. The Morgan fingerprint density at radius 3 is 2.62 bits per heavy atom. The van der Waals surface area contributed by atoms with Crippen molar-refractivity contribution in [2.75, 3.05) is 11.1 Å². The van der Waals surface area contributed by atoms with Crippen LogP contribution in [0.25, 0.3) is 0 Å². The predicted molar refractivity (Wildman–Crippen MR) is 87.3 cm³/mol. The lowest BCUT2D eigenvalue weighted by molar-refractivity contribution is -0.113. The third-order valence-corrected chi connectivity index (χ3v) is 4.26. The number of carbonyl (C=O) groups is 2. The number of nitrogens with one attached hydrogen (secondary N) is 1. The van der Waals surface area contributed by atoms with Crippen LogP contribution in [0.15, 0.2) is 53.4 Å². The van der Waals surface area contributed by atoms with E-state index in [4.69, 9.17) is 11.6 Å². The summed E-state index contributed by atoms with van der Waals surface area (Å²) in [6.45, 7) is 1.49. The summed E-state index contributed by atoms with van der Waals surface area (Å²) in [6, 6.07) is 14.3. The maximum Gasteiger partial charge on any atom is 0.234 e. The van der Waals surface area contributed by atoms with Crippen molar-refractivity contribution >= 4 is 40.7 Å². The monoisotopic (exact) mass is 319 g/mol. The molecule has 1 N–H and O–H groups in total. The van der Waals surface area contributed by atoms with Gasteiger partial charge in [-0.25, -0.2) is 0 Å². The highest BCUT2D eigenvalue weighted by atomic mass is 35.5. The summed E-state index contributed by atoms with van der Waals surface area (Å²) in [5, 5.41) is 3.41. The average Bonchev–Trinajstić information content (AvgIpc) is 2.46. The molecule has 0 saturated heterocycles. The van der Waals surface area contributed by atoms with Crippen LogP contribution >= 0.6 is 23.4 Å². The Labute approximate surface area is 132 Å². The number of halogens is 1. The first-order chi connectivity index (χ1) is 10.1. The number of benzene rings is 2. The van der Waals surface area contributed by atoms with Crippen molar-refractivity contribution in [2.24, 2.45) is 0 Å². The normalized spacial score (nSPS) is 10.2. The summed E-state index contributed by atoms with van der Waals surface area (Å²) in [5.74, 6) is 0.0887. The Balaban J connectivity index is 1.95. The zero-order valence-corrected chi connectivity index (χ0v) is 13.0. The molecular weight excluding hydrogens is 306 g/mol. The second-order valence-electron chi connectivity index (χ2n) is 4.40. The van der Waals surface area contributed by atoms with Gasteiger partial charge in [-0.3, -0.25) is 9.59 Å². The van der Waals surface area contributed by atoms with Gasteiger partial charge in [0.2, 0.25) is 5.91 Å². The highest BCUT2D eigenvalue weighted by Crippen LogP contribution is 2.26. The standard InChI is InChI=1S/C16H14ClNO2S/c1-11(19)12-5-4-6-13(9-12)18-16(20)10-21-15-8-3-2-7-14(15)17/h2-9H,10H2,1H3,(H,18,20). The minimum absolute atomic E-state index is 0.0310. The minimum atomic E-state index is -0.138. The van der Waals surface area contributed by atoms with Crippen molar-refractivity contribution in [3.05, 3.63) is 59.1 Å². The molecule has 0 radical (unpaired) electrons. The van der Waals surface area contributed by atoms with Crippen LogP contribution < -0.4 is 5.32 Å². The summed E-state index contributed by atoms with van der Waals surface area (Å²) in [7, 11) is 0. The first-order valence-electron chi connectivity index (χ1n) is 6.34. The molecule has 0 fully saturated rings. The largest absolute Gasteiger partial charge is 0.325 e. The second kappa shape index (κ2) is 7.29. The molecule has 3 nitrogen and oxygen atoms in total. The van der Waals surface area contributed by atoms with Crippen LogP contribution in [0.2, 0.25) is 5.02 Å². The average molecular weight is 320 g/mol. The van der Waals surface area contributed by atoms with E-state index < -0.39 is 0 Å². The summed E-state index contributed by atoms with van der Waals surface area (Å²) >= 11 is 7.41.